The first-order chi connectivity index (χ1) is 7.83. The van der Waals surface area contributed by atoms with Gasteiger partial charge in [0.15, 0.2) is 0 Å². The van der Waals surface area contributed by atoms with Crippen LogP contribution in [0, 0.1) is 5.92 Å². The molecule has 1 atom stereocenters. The van der Waals surface area contributed by atoms with Gasteiger partial charge in [0.2, 0.25) is 0 Å². The Bertz CT molecular complexity index is 156. The van der Waals surface area contributed by atoms with Crippen molar-refractivity contribution in [1.29, 1.82) is 0 Å². The minimum atomic E-state index is 0.940. The normalized spacial score (nSPS) is 27.8. The van der Waals surface area contributed by atoms with Gasteiger partial charge in [-0.1, -0.05) is 58.8 Å². The fourth-order valence-electron chi connectivity index (χ4n) is 2.69. The highest BCUT2D eigenvalue weighted by Crippen LogP contribution is 2.16. The number of rotatable bonds is 1. The first-order valence-electron chi connectivity index (χ1n) is 7.55. The van der Waals surface area contributed by atoms with Crippen LogP contribution in [-0.4, -0.2) is 24.5 Å². The Labute approximate surface area is 103 Å². The Morgan fingerprint density at radius 1 is 0.812 bits per heavy atom. The van der Waals surface area contributed by atoms with E-state index >= 15 is 0 Å². The Morgan fingerprint density at radius 2 is 1.44 bits per heavy atom. The molecule has 0 bridgehead atoms. The summed E-state index contributed by atoms with van der Waals surface area (Å²) < 4.78 is 0. The zero-order valence-electron chi connectivity index (χ0n) is 11.5. The maximum absolute atomic E-state index is 2.65. The maximum atomic E-state index is 2.65. The standard InChI is InChI=1S/C15H31N/c1-3-16-13-10-8-6-4-5-7-9-11-15(2)12-14-16/h15H,3-14H2,1-2H3. The lowest BCUT2D eigenvalue weighted by molar-refractivity contribution is 0.258. The van der Waals surface area contributed by atoms with Crippen molar-refractivity contribution in [2.75, 3.05) is 19.6 Å². The van der Waals surface area contributed by atoms with Gasteiger partial charge in [-0.15, -0.1) is 0 Å². The first-order valence-corrected chi connectivity index (χ1v) is 7.55. The summed E-state index contributed by atoms with van der Waals surface area (Å²) in [5, 5.41) is 0. The van der Waals surface area contributed by atoms with Crippen LogP contribution in [0.4, 0.5) is 0 Å². The first kappa shape index (κ1) is 14.0. The van der Waals surface area contributed by atoms with E-state index in [9.17, 15) is 0 Å². The van der Waals surface area contributed by atoms with Gasteiger partial charge in [0.25, 0.3) is 0 Å². The summed E-state index contributed by atoms with van der Waals surface area (Å²) in [6.07, 6.45) is 13.1. The summed E-state index contributed by atoms with van der Waals surface area (Å²) in [5.41, 5.74) is 0. The maximum Gasteiger partial charge on any atom is -0.00163 e. The van der Waals surface area contributed by atoms with Gasteiger partial charge in [-0.25, -0.2) is 0 Å². The van der Waals surface area contributed by atoms with Gasteiger partial charge in [0, 0.05) is 0 Å². The Hall–Kier alpha value is -0.0400. The highest BCUT2D eigenvalue weighted by molar-refractivity contribution is 4.62. The third kappa shape index (κ3) is 6.52. The van der Waals surface area contributed by atoms with Crippen molar-refractivity contribution in [2.45, 2.75) is 71.6 Å². The smallest absolute Gasteiger partial charge is 0.00163 e. The molecule has 1 aliphatic rings. The molecule has 0 amide bonds. The van der Waals surface area contributed by atoms with Gasteiger partial charge < -0.3 is 4.90 Å². The minimum Gasteiger partial charge on any atom is -0.304 e. The van der Waals surface area contributed by atoms with Crippen LogP contribution in [0.5, 0.6) is 0 Å². The second-order valence-electron chi connectivity index (χ2n) is 5.59. The van der Waals surface area contributed by atoms with Crippen molar-refractivity contribution in [1.82, 2.24) is 4.90 Å². The predicted octanol–water partition coefficient (Wildman–Crippen LogP) is 4.47. The van der Waals surface area contributed by atoms with E-state index < -0.39 is 0 Å². The highest BCUT2D eigenvalue weighted by atomic mass is 15.1. The largest absolute Gasteiger partial charge is 0.304 e. The van der Waals surface area contributed by atoms with Gasteiger partial charge >= 0.3 is 0 Å². The van der Waals surface area contributed by atoms with Gasteiger partial charge in [-0.3, -0.25) is 0 Å². The van der Waals surface area contributed by atoms with Gasteiger partial charge in [-0.05, 0) is 38.4 Å². The fourth-order valence-corrected chi connectivity index (χ4v) is 2.69. The van der Waals surface area contributed by atoms with Crippen LogP contribution in [0.2, 0.25) is 0 Å². The van der Waals surface area contributed by atoms with E-state index in [0.717, 1.165) is 5.92 Å². The van der Waals surface area contributed by atoms with Crippen LogP contribution in [-0.2, 0) is 0 Å². The van der Waals surface area contributed by atoms with Crippen LogP contribution in [0.1, 0.15) is 71.6 Å². The molecule has 0 aromatic heterocycles. The molecular weight excluding hydrogens is 194 g/mol. The molecule has 96 valence electrons. The average molecular weight is 225 g/mol. The molecule has 1 heterocycles. The van der Waals surface area contributed by atoms with Crippen LogP contribution >= 0.6 is 0 Å². The van der Waals surface area contributed by atoms with Crippen molar-refractivity contribution < 1.29 is 0 Å². The Morgan fingerprint density at radius 3 is 2.12 bits per heavy atom. The lowest BCUT2D eigenvalue weighted by Crippen LogP contribution is -2.26. The number of hydrogen-bond donors (Lipinski definition) is 0. The fraction of sp³-hybridized carbons (Fsp3) is 1.00. The molecule has 0 aliphatic carbocycles. The molecular formula is C15H31N. The molecule has 0 saturated carbocycles. The van der Waals surface area contributed by atoms with Crippen LogP contribution in [0.15, 0.2) is 0 Å². The highest BCUT2D eigenvalue weighted by Gasteiger charge is 2.07. The molecule has 1 unspecified atom stereocenters. The Balaban J connectivity index is 2.28. The third-order valence-corrected chi connectivity index (χ3v) is 4.06. The Kier molecular flexibility index (Phi) is 7.92. The van der Waals surface area contributed by atoms with Gasteiger partial charge in [0.1, 0.15) is 0 Å². The van der Waals surface area contributed by atoms with E-state index in [0.29, 0.717) is 0 Å². The van der Waals surface area contributed by atoms with E-state index in [1.807, 2.05) is 0 Å². The molecule has 1 heteroatoms. The molecule has 1 rings (SSSR count). The molecule has 0 spiro atoms. The molecule has 0 aromatic rings. The molecule has 1 nitrogen and oxygen atoms in total. The second-order valence-corrected chi connectivity index (χ2v) is 5.59. The van der Waals surface area contributed by atoms with Crippen LogP contribution in [0.25, 0.3) is 0 Å². The topological polar surface area (TPSA) is 3.24 Å². The van der Waals surface area contributed by atoms with E-state index in [1.54, 1.807) is 0 Å². The zero-order valence-corrected chi connectivity index (χ0v) is 11.5. The minimum absolute atomic E-state index is 0.940. The van der Waals surface area contributed by atoms with Crippen LogP contribution in [0.3, 0.4) is 0 Å². The van der Waals surface area contributed by atoms with E-state index in [-0.39, 0.29) is 0 Å². The molecule has 0 N–H and O–H groups in total. The van der Waals surface area contributed by atoms with Crippen LogP contribution < -0.4 is 0 Å². The summed E-state index contributed by atoms with van der Waals surface area (Å²) in [7, 11) is 0. The molecule has 0 radical (unpaired) electrons. The lowest BCUT2D eigenvalue weighted by atomic mass is 9.99. The quantitative estimate of drug-likeness (QED) is 0.636. The van der Waals surface area contributed by atoms with Crippen molar-refractivity contribution in [3.05, 3.63) is 0 Å². The van der Waals surface area contributed by atoms with Crippen molar-refractivity contribution in [3.63, 3.8) is 0 Å². The summed E-state index contributed by atoms with van der Waals surface area (Å²) in [6, 6.07) is 0. The summed E-state index contributed by atoms with van der Waals surface area (Å²) in [5.74, 6) is 0.940. The second kappa shape index (κ2) is 9.04. The molecule has 0 aromatic carbocycles. The van der Waals surface area contributed by atoms with Crippen molar-refractivity contribution in [3.8, 4) is 0 Å². The zero-order chi connectivity index (χ0) is 11.6. The van der Waals surface area contributed by atoms with E-state index in [1.165, 1.54) is 77.4 Å². The van der Waals surface area contributed by atoms with E-state index in [2.05, 4.69) is 18.7 Å². The molecule has 1 aliphatic heterocycles. The summed E-state index contributed by atoms with van der Waals surface area (Å²) in [4.78, 5) is 2.65. The van der Waals surface area contributed by atoms with Gasteiger partial charge in [-0.2, -0.15) is 0 Å². The monoisotopic (exact) mass is 225 g/mol. The molecule has 16 heavy (non-hydrogen) atoms. The molecule has 1 saturated heterocycles. The molecule has 1 fully saturated rings. The predicted molar refractivity (Wildman–Crippen MR) is 72.8 cm³/mol. The van der Waals surface area contributed by atoms with Gasteiger partial charge in [0.05, 0.1) is 0 Å². The number of nitrogens with zero attached hydrogens (tertiary/aromatic N) is 1. The SMILES string of the molecule is CCN1CCCCCCCCCC(C)CC1. The van der Waals surface area contributed by atoms with Crippen molar-refractivity contribution >= 4 is 0 Å². The van der Waals surface area contributed by atoms with Crippen molar-refractivity contribution in [2.24, 2.45) is 5.92 Å². The van der Waals surface area contributed by atoms with E-state index in [4.69, 9.17) is 0 Å². The summed E-state index contributed by atoms with van der Waals surface area (Å²) in [6.45, 7) is 8.66. The number of hydrogen-bond acceptors (Lipinski definition) is 1. The summed E-state index contributed by atoms with van der Waals surface area (Å²) >= 11 is 0. The average Bonchev–Trinajstić information content (AvgIpc) is 2.31. The third-order valence-electron chi connectivity index (χ3n) is 4.06. The lowest BCUT2D eigenvalue weighted by Gasteiger charge is -2.22.